The third-order valence-corrected chi connectivity index (χ3v) is 4.69. The lowest BCUT2D eigenvalue weighted by Crippen LogP contribution is -2.21. The molecule has 1 unspecified atom stereocenters. The van der Waals surface area contributed by atoms with E-state index in [0.717, 1.165) is 12.1 Å². The first-order valence-electron chi connectivity index (χ1n) is 6.48. The zero-order valence-corrected chi connectivity index (χ0v) is 12.8. The molecule has 1 atom stereocenters. The lowest BCUT2D eigenvalue weighted by molar-refractivity contribution is -0.137. The highest BCUT2D eigenvalue weighted by atomic mass is 35.5. The van der Waals surface area contributed by atoms with Crippen LogP contribution in [0.4, 0.5) is 13.2 Å². The van der Waals surface area contributed by atoms with E-state index < -0.39 is 21.5 Å². The van der Waals surface area contributed by atoms with E-state index >= 15 is 0 Å². The van der Waals surface area contributed by atoms with Crippen molar-refractivity contribution in [1.29, 1.82) is 10.5 Å². The summed E-state index contributed by atoms with van der Waals surface area (Å²) in [7, 11) is 0. The number of rotatable bonds is 4. The molecule has 7 heteroatoms. The number of hydrogen-bond acceptors (Lipinski definition) is 2. The largest absolute Gasteiger partial charge is 0.416 e. The molecule has 0 saturated heterocycles. The molecule has 116 valence electrons. The lowest BCUT2D eigenvalue weighted by atomic mass is 9.79. The highest BCUT2D eigenvalue weighted by Crippen LogP contribution is 2.57. The number of benzene rings is 1. The van der Waals surface area contributed by atoms with Gasteiger partial charge in [0.25, 0.3) is 0 Å². The van der Waals surface area contributed by atoms with Crippen LogP contribution in [0.5, 0.6) is 0 Å². The molecule has 0 bridgehead atoms. The number of nitriles is 2. The van der Waals surface area contributed by atoms with Gasteiger partial charge in [-0.05, 0) is 36.5 Å². The maximum absolute atomic E-state index is 12.5. The molecule has 1 aliphatic rings. The molecule has 2 rings (SSSR count). The highest BCUT2D eigenvalue weighted by Gasteiger charge is 2.55. The predicted molar refractivity (Wildman–Crippen MR) is 76.0 cm³/mol. The molecule has 0 N–H and O–H groups in total. The zero-order chi connectivity index (χ0) is 16.6. The molecular formula is C15H11Cl2F3N2. The van der Waals surface area contributed by atoms with Gasteiger partial charge in [0.1, 0.15) is 9.75 Å². The average molecular weight is 347 g/mol. The van der Waals surface area contributed by atoms with Gasteiger partial charge in [0.05, 0.1) is 17.7 Å². The van der Waals surface area contributed by atoms with Gasteiger partial charge in [-0.1, -0.05) is 12.1 Å². The highest BCUT2D eigenvalue weighted by molar-refractivity contribution is 6.50. The Hall–Kier alpha value is -1.43. The van der Waals surface area contributed by atoms with E-state index in [1.54, 1.807) is 0 Å². The Kier molecular flexibility index (Phi) is 4.35. The molecule has 2 nitrogen and oxygen atoms in total. The Bertz CT molecular complexity index is 625. The van der Waals surface area contributed by atoms with E-state index in [-0.39, 0.29) is 18.8 Å². The van der Waals surface area contributed by atoms with Crippen LogP contribution in [0.3, 0.4) is 0 Å². The summed E-state index contributed by atoms with van der Waals surface area (Å²) in [6, 6.07) is 8.39. The minimum Gasteiger partial charge on any atom is -0.197 e. The molecule has 22 heavy (non-hydrogen) atoms. The fourth-order valence-electron chi connectivity index (χ4n) is 2.34. The van der Waals surface area contributed by atoms with Crippen molar-refractivity contribution in [3.63, 3.8) is 0 Å². The minimum atomic E-state index is -4.41. The van der Waals surface area contributed by atoms with Crippen LogP contribution in [0, 0.1) is 34.0 Å². The van der Waals surface area contributed by atoms with Crippen LogP contribution in [-0.2, 0) is 12.6 Å². The number of halogens is 5. The lowest BCUT2D eigenvalue weighted by Gasteiger charge is -2.19. The Morgan fingerprint density at radius 1 is 1.14 bits per heavy atom. The van der Waals surface area contributed by atoms with E-state index in [1.807, 2.05) is 12.1 Å². The van der Waals surface area contributed by atoms with Gasteiger partial charge in [-0.15, -0.1) is 23.2 Å². The normalized spacial score (nSPS) is 20.0. The first-order chi connectivity index (χ1) is 10.1. The summed E-state index contributed by atoms with van der Waals surface area (Å²) in [5.41, 5.74) is -1.61. The first-order valence-corrected chi connectivity index (χ1v) is 7.24. The monoisotopic (exact) mass is 346 g/mol. The predicted octanol–water partition coefficient (Wildman–Crippen LogP) is 4.87. The van der Waals surface area contributed by atoms with E-state index in [9.17, 15) is 23.7 Å². The summed E-state index contributed by atoms with van der Waals surface area (Å²) in [6.07, 6.45) is -3.66. The molecule has 0 aliphatic heterocycles. The van der Waals surface area contributed by atoms with Crippen molar-refractivity contribution >= 4 is 23.2 Å². The average Bonchev–Trinajstić information content (AvgIpc) is 3.04. The van der Waals surface area contributed by atoms with Crippen LogP contribution in [0.25, 0.3) is 0 Å². The summed E-state index contributed by atoms with van der Waals surface area (Å²) in [5, 5.41) is 18.7. The van der Waals surface area contributed by atoms with E-state index in [2.05, 4.69) is 0 Å². The summed E-state index contributed by atoms with van der Waals surface area (Å²) < 4.78 is 36.7. The second-order valence-corrected chi connectivity index (χ2v) is 7.09. The van der Waals surface area contributed by atoms with Gasteiger partial charge >= 0.3 is 6.18 Å². The molecule has 1 aromatic carbocycles. The fourth-order valence-corrected chi connectivity index (χ4v) is 2.87. The SMILES string of the molecule is N#CC(C#N)(Cc1ccc(C(F)(F)F)cc1)CC1CC1(Cl)Cl. The van der Waals surface area contributed by atoms with Crippen molar-refractivity contribution in [1.82, 2.24) is 0 Å². The van der Waals surface area contributed by atoms with Crippen LogP contribution >= 0.6 is 23.2 Å². The number of hydrogen-bond donors (Lipinski definition) is 0. The van der Waals surface area contributed by atoms with Crippen LogP contribution in [-0.4, -0.2) is 4.33 Å². The second kappa shape index (κ2) is 5.65. The minimum absolute atomic E-state index is 0.0402. The van der Waals surface area contributed by atoms with Crippen molar-refractivity contribution < 1.29 is 13.2 Å². The molecule has 0 amide bonds. The van der Waals surface area contributed by atoms with Crippen molar-refractivity contribution in [3.05, 3.63) is 35.4 Å². The van der Waals surface area contributed by atoms with Gasteiger partial charge in [-0.2, -0.15) is 23.7 Å². The molecule has 1 saturated carbocycles. The fraction of sp³-hybridized carbons (Fsp3) is 0.467. The van der Waals surface area contributed by atoms with Gasteiger partial charge in [0, 0.05) is 6.42 Å². The Morgan fingerprint density at radius 2 is 1.64 bits per heavy atom. The first kappa shape index (κ1) is 16.9. The Balaban J connectivity index is 2.15. The Labute approximate surface area is 136 Å². The molecule has 0 radical (unpaired) electrons. The van der Waals surface area contributed by atoms with Crippen molar-refractivity contribution in [2.24, 2.45) is 11.3 Å². The van der Waals surface area contributed by atoms with Gasteiger partial charge in [-0.25, -0.2) is 0 Å². The number of nitrogens with zero attached hydrogens (tertiary/aromatic N) is 2. The molecule has 1 aliphatic carbocycles. The third-order valence-electron chi connectivity index (χ3n) is 3.77. The van der Waals surface area contributed by atoms with E-state index in [1.165, 1.54) is 12.1 Å². The molecule has 1 fully saturated rings. The maximum atomic E-state index is 12.5. The second-order valence-electron chi connectivity index (χ2n) is 5.54. The summed E-state index contributed by atoms with van der Waals surface area (Å²) >= 11 is 11.8. The van der Waals surface area contributed by atoms with Crippen molar-refractivity contribution in [2.45, 2.75) is 29.8 Å². The van der Waals surface area contributed by atoms with Gasteiger partial charge in [0.2, 0.25) is 0 Å². The molecule has 1 aromatic rings. The van der Waals surface area contributed by atoms with Crippen molar-refractivity contribution in [3.8, 4) is 12.1 Å². The van der Waals surface area contributed by atoms with E-state index in [4.69, 9.17) is 23.2 Å². The summed E-state index contributed by atoms with van der Waals surface area (Å²) in [4.78, 5) is 0. The topological polar surface area (TPSA) is 47.6 Å². The maximum Gasteiger partial charge on any atom is 0.416 e. The van der Waals surface area contributed by atoms with Gasteiger partial charge in [0.15, 0.2) is 0 Å². The third kappa shape index (κ3) is 3.66. The van der Waals surface area contributed by atoms with Crippen LogP contribution < -0.4 is 0 Å². The molecule has 0 aromatic heterocycles. The summed E-state index contributed by atoms with van der Waals surface area (Å²) in [6.45, 7) is 0. The van der Waals surface area contributed by atoms with Crippen LogP contribution in [0.1, 0.15) is 24.0 Å². The van der Waals surface area contributed by atoms with Crippen LogP contribution in [0.2, 0.25) is 0 Å². The molecule has 0 heterocycles. The molecular weight excluding hydrogens is 336 g/mol. The summed E-state index contributed by atoms with van der Waals surface area (Å²) in [5.74, 6) is -0.149. The smallest absolute Gasteiger partial charge is 0.197 e. The van der Waals surface area contributed by atoms with Gasteiger partial charge < -0.3 is 0 Å². The van der Waals surface area contributed by atoms with Crippen molar-refractivity contribution in [2.75, 3.05) is 0 Å². The Morgan fingerprint density at radius 3 is 2.00 bits per heavy atom. The quantitative estimate of drug-likeness (QED) is 0.730. The standard InChI is InChI=1S/C15H11Cl2F3N2/c16-14(17)7-12(14)6-13(8-21,9-22)5-10-1-3-11(4-2-10)15(18,19)20/h1-4,12H,5-7H2. The van der Waals surface area contributed by atoms with E-state index in [0.29, 0.717) is 12.0 Å². The van der Waals surface area contributed by atoms with Crippen LogP contribution in [0.15, 0.2) is 24.3 Å². The zero-order valence-electron chi connectivity index (χ0n) is 11.3. The number of alkyl halides is 5. The van der Waals surface area contributed by atoms with Gasteiger partial charge in [-0.3, -0.25) is 0 Å². The molecule has 0 spiro atoms.